The van der Waals surface area contributed by atoms with Crippen LogP contribution in [0, 0.1) is 5.41 Å². The van der Waals surface area contributed by atoms with Gasteiger partial charge in [0, 0.05) is 11.0 Å². The maximum atomic E-state index is 12.5. The van der Waals surface area contributed by atoms with Gasteiger partial charge >= 0.3 is 6.01 Å². The third-order valence-corrected chi connectivity index (χ3v) is 3.22. The van der Waals surface area contributed by atoms with Crippen molar-refractivity contribution in [1.82, 2.24) is 14.8 Å². The molecule has 0 radical (unpaired) electrons. The van der Waals surface area contributed by atoms with Gasteiger partial charge in [-0.2, -0.15) is 9.67 Å². The highest BCUT2D eigenvalue weighted by molar-refractivity contribution is 5.86. The van der Waals surface area contributed by atoms with Crippen LogP contribution in [0.5, 0.6) is 6.01 Å². The van der Waals surface area contributed by atoms with Gasteiger partial charge in [-0.15, -0.1) is 5.10 Å². The van der Waals surface area contributed by atoms with Crippen LogP contribution in [-0.4, -0.2) is 27.8 Å². The zero-order valence-corrected chi connectivity index (χ0v) is 13.2. The molecule has 1 aromatic carbocycles. The Bertz CT molecular complexity index is 637. The summed E-state index contributed by atoms with van der Waals surface area (Å²) in [6, 6.07) is 8.16. The summed E-state index contributed by atoms with van der Waals surface area (Å²) in [6.07, 6.45) is 0.969. The van der Waals surface area contributed by atoms with Gasteiger partial charge in [0.2, 0.25) is 0 Å². The number of hydrogen-bond acceptors (Lipinski definition) is 4. The first-order valence-electron chi connectivity index (χ1n) is 7.02. The van der Waals surface area contributed by atoms with Crippen molar-refractivity contribution in [2.24, 2.45) is 5.41 Å². The van der Waals surface area contributed by atoms with Crippen LogP contribution in [0.15, 0.2) is 24.3 Å². The highest BCUT2D eigenvalue weighted by Crippen LogP contribution is 2.24. The quantitative estimate of drug-likeness (QED) is 0.870. The van der Waals surface area contributed by atoms with Crippen LogP contribution in [0.25, 0.3) is 11.4 Å². The molecule has 0 saturated heterocycles. The molecule has 2 rings (SSSR count). The Hall–Kier alpha value is -2.17. The van der Waals surface area contributed by atoms with Crippen LogP contribution < -0.4 is 4.74 Å². The number of ether oxygens (including phenoxy) is 1. The SMILES string of the molecule is CCc1ccc(-c2nc(OC)nn2C(=O)C(C)(C)C)cc1. The van der Waals surface area contributed by atoms with E-state index in [9.17, 15) is 4.79 Å². The number of carbonyl (C=O) groups excluding carboxylic acids is 1. The van der Waals surface area contributed by atoms with Crippen LogP contribution in [0.4, 0.5) is 0 Å². The normalized spacial score (nSPS) is 11.5. The molecule has 1 aromatic heterocycles. The monoisotopic (exact) mass is 287 g/mol. The Kier molecular flexibility index (Phi) is 4.11. The minimum Gasteiger partial charge on any atom is -0.466 e. The Morgan fingerprint density at radius 1 is 1.24 bits per heavy atom. The number of aryl methyl sites for hydroxylation is 1. The van der Waals surface area contributed by atoms with Gasteiger partial charge < -0.3 is 4.74 Å². The van der Waals surface area contributed by atoms with Gasteiger partial charge in [0.05, 0.1) is 7.11 Å². The second-order valence-electron chi connectivity index (χ2n) is 5.94. The minimum atomic E-state index is -0.545. The second-order valence-corrected chi connectivity index (χ2v) is 5.94. The zero-order valence-electron chi connectivity index (χ0n) is 13.2. The third kappa shape index (κ3) is 3.12. The van der Waals surface area contributed by atoms with Gasteiger partial charge in [0.15, 0.2) is 5.82 Å². The zero-order chi connectivity index (χ0) is 15.6. The van der Waals surface area contributed by atoms with Crippen LogP contribution in [0.1, 0.15) is 38.1 Å². The van der Waals surface area contributed by atoms with E-state index in [0.717, 1.165) is 12.0 Å². The molecule has 0 aliphatic carbocycles. The van der Waals surface area contributed by atoms with Crippen LogP contribution in [0.2, 0.25) is 0 Å². The predicted molar refractivity (Wildman–Crippen MR) is 81.5 cm³/mol. The van der Waals surface area contributed by atoms with E-state index in [1.54, 1.807) is 0 Å². The first-order chi connectivity index (χ1) is 9.86. The molecule has 112 valence electrons. The van der Waals surface area contributed by atoms with Gasteiger partial charge in [-0.05, 0) is 12.0 Å². The van der Waals surface area contributed by atoms with Gasteiger partial charge in [0.25, 0.3) is 5.91 Å². The van der Waals surface area contributed by atoms with E-state index in [1.807, 2.05) is 45.0 Å². The van der Waals surface area contributed by atoms with Gasteiger partial charge in [-0.1, -0.05) is 52.0 Å². The number of methoxy groups -OCH3 is 1. The number of nitrogens with zero attached hydrogens (tertiary/aromatic N) is 3. The lowest BCUT2D eigenvalue weighted by molar-refractivity contribution is 0.0749. The summed E-state index contributed by atoms with van der Waals surface area (Å²) < 4.78 is 6.40. The summed E-state index contributed by atoms with van der Waals surface area (Å²) in [4.78, 5) is 16.8. The summed E-state index contributed by atoms with van der Waals surface area (Å²) in [5, 5.41) is 4.15. The molecule has 0 bridgehead atoms. The number of benzene rings is 1. The van der Waals surface area contributed by atoms with Crippen molar-refractivity contribution in [3.05, 3.63) is 29.8 Å². The molecule has 0 unspecified atom stereocenters. The highest BCUT2D eigenvalue weighted by Gasteiger charge is 2.28. The standard InChI is InChI=1S/C16H21N3O2/c1-6-11-7-9-12(10-8-11)13-17-15(21-5)18-19(13)14(20)16(2,3)4/h7-10H,6H2,1-5H3. The Labute approximate surface area is 125 Å². The van der Waals surface area contributed by atoms with Gasteiger partial charge in [-0.25, -0.2) is 0 Å². The fourth-order valence-corrected chi connectivity index (χ4v) is 1.92. The maximum Gasteiger partial charge on any atom is 0.336 e. The first kappa shape index (κ1) is 15.2. The largest absolute Gasteiger partial charge is 0.466 e. The molecule has 0 amide bonds. The molecule has 0 fully saturated rings. The number of rotatable bonds is 3. The van der Waals surface area contributed by atoms with Crippen molar-refractivity contribution in [2.45, 2.75) is 34.1 Å². The van der Waals surface area contributed by atoms with Crippen molar-refractivity contribution in [2.75, 3.05) is 7.11 Å². The van der Waals surface area contributed by atoms with E-state index in [-0.39, 0.29) is 11.9 Å². The van der Waals surface area contributed by atoms with Crippen molar-refractivity contribution in [1.29, 1.82) is 0 Å². The first-order valence-corrected chi connectivity index (χ1v) is 7.02. The van der Waals surface area contributed by atoms with Crippen LogP contribution in [-0.2, 0) is 6.42 Å². The van der Waals surface area contributed by atoms with E-state index >= 15 is 0 Å². The lowest BCUT2D eigenvalue weighted by atomic mass is 9.95. The lowest BCUT2D eigenvalue weighted by Crippen LogP contribution is -2.28. The molecular formula is C16H21N3O2. The van der Waals surface area contributed by atoms with Crippen molar-refractivity contribution >= 4 is 5.91 Å². The van der Waals surface area contributed by atoms with E-state index in [0.29, 0.717) is 5.82 Å². The molecule has 5 nitrogen and oxygen atoms in total. The fourth-order valence-electron chi connectivity index (χ4n) is 1.92. The second kappa shape index (κ2) is 5.68. The summed E-state index contributed by atoms with van der Waals surface area (Å²) in [5.41, 5.74) is 1.54. The topological polar surface area (TPSA) is 57.0 Å². The summed E-state index contributed by atoms with van der Waals surface area (Å²) in [5.74, 6) is 0.391. The Morgan fingerprint density at radius 2 is 1.86 bits per heavy atom. The third-order valence-electron chi connectivity index (χ3n) is 3.22. The molecule has 0 aliphatic rings. The Balaban J connectivity index is 2.51. The average Bonchev–Trinajstić information content (AvgIpc) is 2.89. The molecule has 0 atom stereocenters. The molecule has 0 saturated carbocycles. The molecule has 0 spiro atoms. The number of aromatic nitrogens is 3. The van der Waals surface area contributed by atoms with Crippen molar-refractivity contribution in [3.63, 3.8) is 0 Å². The van der Waals surface area contributed by atoms with Gasteiger partial charge in [0.1, 0.15) is 0 Å². The van der Waals surface area contributed by atoms with Crippen molar-refractivity contribution < 1.29 is 9.53 Å². The van der Waals surface area contributed by atoms with Crippen LogP contribution >= 0.6 is 0 Å². The van der Waals surface area contributed by atoms with E-state index in [4.69, 9.17) is 4.74 Å². The summed E-state index contributed by atoms with van der Waals surface area (Å²) in [7, 11) is 1.49. The molecule has 2 aromatic rings. The number of hydrogen-bond donors (Lipinski definition) is 0. The highest BCUT2D eigenvalue weighted by atomic mass is 16.5. The predicted octanol–water partition coefficient (Wildman–Crippen LogP) is 3.20. The molecule has 5 heteroatoms. The Morgan fingerprint density at radius 3 is 2.33 bits per heavy atom. The molecule has 21 heavy (non-hydrogen) atoms. The molecule has 0 N–H and O–H groups in total. The molecular weight excluding hydrogens is 266 g/mol. The molecule has 1 heterocycles. The van der Waals surface area contributed by atoms with Gasteiger partial charge in [-0.3, -0.25) is 4.79 Å². The van der Waals surface area contributed by atoms with Crippen LogP contribution in [0.3, 0.4) is 0 Å². The van der Waals surface area contributed by atoms with E-state index in [2.05, 4.69) is 17.0 Å². The summed E-state index contributed by atoms with van der Waals surface area (Å²) >= 11 is 0. The smallest absolute Gasteiger partial charge is 0.336 e. The minimum absolute atomic E-state index is 0.118. The molecule has 0 aliphatic heterocycles. The lowest BCUT2D eigenvalue weighted by Gasteiger charge is -2.16. The summed E-state index contributed by atoms with van der Waals surface area (Å²) in [6.45, 7) is 7.66. The van der Waals surface area contributed by atoms with E-state index < -0.39 is 5.41 Å². The number of carbonyl (C=O) groups is 1. The van der Waals surface area contributed by atoms with Crippen molar-refractivity contribution in [3.8, 4) is 17.4 Å². The maximum absolute atomic E-state index is 12.5. The average molecular weight is 287 g/mol. The fraction of sp³-hybridized carbons (Fsp3) is 0.438. The van der Waals surface area contributed by atoms with E-state index in [1.165, 1.54) is 17.4 Å².